The van der Waals surface area contributed by atoms with Crippen LogP contribution in [0.5, 0.6) is 17.2 Å². The minimum atomic E-state index is -0.374. The third kappa shape index (κ3) is 4.89. The largest absolute Gasteiger partial charge is 0.497 e. The molecule has 2 heterocycles. The van der Waals surface area contributed by atoms with E-state index in [1.54, 1.807) is 25.3 Å². The smallest absolute Gasteiger partial charge is 0.263 e. The Hall–Kier alpha value is -3.85. The fourth-order valence-electron chi connectivity index (χ4n) is 3.49. The predicted octanol–water partition coefficient (Wildman–Crippen LogP) is 4.57. The molecule has 0 bridgehead atoms. The zero-order chi connectivity index (χ0) is 24.1. The fourth-order valence-corrected chi connectivity index (χ4v) is 4.40. The molecule has 8 nitrogen and oxygen atoms in total. The Morgan fingerprint density at radius 1 is 1.09 bits per heavy atom. The Labute approximate surface area is 200 Å². The number of carbonyl (C=O) groups excluding carboxylic acids is 1. The Balaban J connectivity index is 1.58. The highest BCUT2D eigenvalue weighted by Crippen LogP contribution is 2.32. The molecule has 9 heteroatoms. The highest BCUT2D eigenvalue weighted by molar-refractivity contribution is 7.17. The normalized spacial score (nSPS) is 10.8. The zero-order valence-electron chi connectivity index (χ0n) is 19.2. The van der Waals surface area contributed by atoms with Gasteiger partial charge >= 0.3 is 0 Å². The van der Waals surface area contributed by atoms with Gasteiger partial charge in [0.1, 0.15) is 28.6 Å². The molecule has 2 aromatic heterocycles. The van der Waals surface area contributed by atoms with E-state index in [2.05, 4.69) is 17.2 Å². The third-order valence-electron chi connectivity index (χ3n) is 5.20. The van der Waals surface area contributed by atoms with Gasteiger partial charge in [-0.15, -0.1) is 11.3 Å². The number of amides is 1. The Kier molecular flexibility index (Phi) is 7.12. The molecule has 0 saturated carbocycles. The summed E-state index contributed by atoms with van der Waals surface area (Å²) >= 11 is 1.39. The number of benzene rings is 2. The number of nitrogens with zero attached hydrogens (tertiary/aromatic N) is 2. The number of hydrogen-bond donors (Lipinski definition) is 1. The van der Waals surface area contributed by atoms with Gasteiger partial charge in [0.15, 0.2) is 0 Å². The average molecular weight is 480 g/mol. The van der Waals surface area contributed by atoms with E-state index in [1.807, 2.05) is 29.6 Å². The molecule has 0 saturated heterocycles. The van der Waals surface area contributed by atoms with Gasteiger partial charge in [0.05, 0.1) is 38.2 Å². The van der Waals surface area contributed by atoms with E-state index < -0.39 is 0 Å². The van der Waals surface area contributed by atoms with Crippen LogP contribution in [0.1, 0.15) is 13.3 Å². The Morgan fingerprint density at radius 2 is 1.85 bits per heavy atom. The van der Waals surface area contributed by atoms with Gasteiger partial charge in [-0.1, -0.05) is 19.1 Å². The molecular formula is C25H25N3O5S. The van der Waals surface area contributed by atoms with Gasteiger partial charge in [-0.3, -0.25) is 14.2 Å². The number of carbonyl (C=O) groups is 1. The van der Waals surface area contributed by atoms with Gasteiger partial charge in [0, 0.05) is 17.0 Å². The molecule has 0 unspecified atom stereocenters. The summed E-state index contributed by atoms with van der Waals surface area (Å²) in [5, 5.41) is 5.18. The van der Waals surface area contributed by atoms with E-state index in [4.69, 9.17) is 14.2 Å². The van der Waals surface area contributed by atoms with Gasteiger partial charge < -0.3 is 19.5 Å². The van der Waals surface area contributed by atoms with Crippen LogP contribution in [-0.4, -0.2) is 36.3 Å². The van der Waals surface area contributed by atoms with Crippen molar-refractivity contribution in [3.8, 4) is 28.4 Å². The van der Waals surface area contributed by atoms with Gasteiger partial charge in [0.25, 0.3) is 5.56 Å². The number of hydrogen-bond acceptors (Lipinski definition) is 7. The molecule has 1 N–H and O–H groups in total. The number of methoxy groups -OCH3 is 2. The highest BCUT2D eigenvalue weighted by atomic mass is 32.1. The molecule has 2 aromatic carbocycles. The molecule has 34 heavy (non-hydrogen) atoms. The summed E-state index contributed by atoms with van der Waals surface area (Å²) in [7, 11) is 3.06. The van der Waals surface area contributed by atoms with E-state index in [-0.39, 0.29) is 18.0 Å². The van der Waals surface area contributed by atoms with E-state index >= 15 is 0 Å². The van der Waals surface area contributed by atoms with E-state index in [0.29, 0.717) is 34.0 Å². The third-order valence-corrected chi connectivity index (χ3v) is 6.08. The Morgan fingerprint density at radius 3 is 2.56 bits per heavy atom. The molecule has 0 radical (unpaired) electrons. The summed E-state index contributed by atoms with van der Waals surface area (Å²) in [6.45, 7) is 2.52. The highest BCUT2D eigenvalue weighted by Gasteiger charge is 2.16. The van der Waals surface area contributed by atoms with Crippen LogP contribution in [0.3, 0.4) is 0 Å². The lowest BCUT2D eigenvalue weighted by Crippen LogP contribution is -2.27. The summed E-state index contributed by atoms with van der Waals surface area (Å²) in [5.74, 6) is 1.47. The van der Waals surface area contributed by atoms with Crippen molar-refractivity contribution in [1.82, 2.24) is 9.55 Å². The van der Waals surface area contributed by atoms with Gasteiger partial charge in [-0.2, -0.15) is 0 Å². The molecule has 0 spiro atoms. The summed E-state index contributed by atoms with van der Waals surface area (Å²) in [6, 6.07) is 12.7. The number of aromatic nitrogens is 2. The zero-order valence-corrected chi connectivity index (χ0v) is 20.0. The van der Waals surface area contributed by atoms with Crippen molar-refractivity contribution in [1.29, 1.82) is 0 Å². The van der Waals surface area contributed by atoms with Crippen LogP contribution in [0.15, 0.2) is 59.0 Å². The predicted molar refractivity (Wildman–Crippen MR) is 133 cm³/mol. The first-order valence-corrected chi connectivity index (χ1v) is 11.6. The lowest BCUT2D eigenvalue weighted by Gasteiger charge is -2.12. The van der Waals surface area contributed by atoms with Crippen LogP contribution in [0.2, 0.25) is 0 Å². The Bertz CT molecular complexity index is 1360. The topological polar surface area (TPSA) is 91.7 Å². The molecule has 0 fully saturated rings. The van der Waals surface area contributed by atoms with Crippen LogP contribution < -0.4 is 25.1 Å². The molecule has 0 atom stereocenters. The quantitative estimate of drug-likeness (QED) is 0.378. The molecule has 4 aromatic rings. The maximum Gasteiger partial charge on any atom is 0.263 e. The fraction of sp³-hybridized carbons (Fsp3) is 0.240. The van der Waals surface area contributed by atoms with Crippen LogP contribution in [0, 0.1) is 0 Å². The lowest BCUT2D eigenvalue weighted by atomic mass is 10.1. The molecule has 0 aliphatic heterocycles. The molecule has 4 rings (SSSR count). The van der Waals surface area contributed by atoms with Gasteiger partial charge in [0.2, 0.25) is 5.91 Å². The van der Waals surface area contributed by atoms with Crippen LogP contribution in [-0.2, 0) is 11.3 Å². The van der Waals surface area contributed by atoms with Gasteiger partial charge in [-0.05, 0) is 36.2 Å². The van der Waals surface area contributed by atoms with Gasteiger partial charge in [-0.25, -0.2) is 4.98 Å². The molecular weight excluding hydrogens is 454 g/mol. The molecule has 0 aliphatic carbocycles. The first-order chi connectivity index (χ1) is 16.5. The van der Waals surface area contributed by atoms with Crippen molar-refractivity contribution in [2.45, 2.75) is 19.9 Å². The second-order valence-electron chi connectivity index (χ2n) is 7.49. The summed E-state index contributed by atoms with van der Waals surface area (Å²) in [4.78, 5) is 31.0. The van der Waals surface area contributed by atoms with E-state index in [9.17, 15) is 9.59 Å². The number of anilines is 1. The standard InChI is InChI=1S/C25H25N3O5S/c1-4-11-33-17-7-5-16(6-8-17)19-14-34-24-23(19)25(30)28(15-26-24)13-22(29)27-20-10-9-18(31-2)12-21(20)32-3/h5-10,12,14-15H,4,11,13H2,1-3H3,(H,27,29). The lowest BCUT2D eigenvalue weighted by molar-refractivity contribution is -0.116. The van der Waals surface area contributed by atoms with Crippen LogP contribution in [0.25, 0.3) is 21.3 Å². The first kappa shape index (κ1) is 23.3. The number of fused-ring (bicyclic) bond motifs is 1. The van der Waals surface area contributed by atoms with Crippen molar-refractivity contribution in [2.75, 3.05) is 26.1 Å². The summed E-state index contributed by atoms with van der Waals surface area (Å²) in [6.07, 6.45) is 2.33. The number of rotatable bonds is 9. The number of ether oxygens (including phenoxy) is 3. The average Bonchev–Trinajstić information content (AvgIpc) is 3.30. The van der Waals surface area contributed by atoms with Crippen molar-refractivity contribution in [2.24, 2.45) is 0 Å². The second kappa shape index (κ2) is 10.4. The minimum absolute atomic E-state index is 0.184. The van der Waals surface area contributed by atoms with Crippen molar-refractivity contribution in [3.05, 3.63) is 64.5 Å². The van der Waals surface area contributed by atoms with Crippen molar-refractivity contribution in [3.63, 3.8) is 0 Å². The summed E-state index contributed by atoms with van der Waals surface area (Å²) in [5.41, 5.74) is 1.88. The molecule has 176 valence electrons. The first-order valence-electron chi connectivity index (χ1n) is 10.8. The molecule has 1 amide bonds. The van der Waals surface area contributed by atoms with E-state index in [0.717, 1.165) is 23.3 Å². The maximum absolute atomic E-state index is 13.3. The number of thiophene rings is 1. The minimum Gasteiger partial charge on any atom is -0.497 e. The van der Waals surface area contributed by atoms with Crippen molar-refractivity contribution >= 4 is 33.1 Å². The molecule has 0 aliphatic rings. The summed E-state index contributed by atoms with van der Waals surface area (Å²) < 4.78 is 17.5. The van der Waals surface area contributed by atoms with E-state index in [1.165, 1.54) is 29.3 Å². The van der Waals surface area contributed by atoms with Crippen LogP contribution in [0.4, 0.5) is 5.69 Å². The van der Waals surface area contributed by atoms with Crippen molar-refractivity contribution < 1.29 is 19.0 Å². The monoisotopic (exact) mass is 479 g/mol. The second-order valence-corrected chi connectivity index (χ2v) is 8.35. The maximum atomic E-state index is 13.3. The number of nitrogens with one attached hydrogen (secondary N) is 1. The van der Waals surface area contributed by atoms with Crippen LogP contribution >= 0.6 is 11.3 Å². The SMILES string of the molecule is CCCOc1ccc(-c2csc3ncn(CC(=O)Nc4ccc(OC)cc4OC)c(=O)c23)cc1.